The minimum atomic E-state index is -3.60. The zero-order valence-corrected chi connectivity index (χ0v) is 19.4. The summed E-state index contributed by atoms with van der Waals surface area (Å²) in [5, 5.41) is 2.50. The molecule has 7 heteroatoms. The summed E-state index contributed by atoms with van der Waals surface area (Å²) in [4.78, 5) is 17.5. The Kier molecular flexibility index (Phi) is 6.60. The summed E-state index contributed by atoms with van der Waals surface area (Å²) in [5.74, 6) is -0.110. The Morgan fingerprint density at radius 2 is 1.69 bits per heavy atom. The predicted octanol–water partition coefficient (Wildman–Crippen LogP) is 3.40. The van der Waals surface area contributed by atoms with E-state index in [4.69, 9.17) is 0 Å². The van der Waals surface area contributed by atoms with Crippen LogP contribution in [0.4, 0.5) is 0 Å². The van der Waals surface area contributed by atoms with Crippen molar-refractivity contribution in [2.75, 3.05) is 32.7 Å². The quantitative estimate of drug-likeness (QED) is 0.624. The van der Waals surface area contributed by atoms with Crippen molar-refractivity contribution in [2.45, 2.75) is 25.3 Å². The van der Waals surface area contributed by atoms with Gasteiger partial charge in [0.2, 0.25) is 10.0 Å². The Balaban J connectivity index is 1.45. The molecule has 3 aromatic carbocycles. The lowest BCUT2D eigenvalue weighted by molar-refractivity contribution is 0.0628. The molecule has 0 spiro atoms. The van der Waals surface area contributed by atoms with Crippen LogP contribution >= 0.6 is 0 Å². The highest BCUT2D eigenvalue weighted by molar-refractivity contribution is 7.89. The average Bonchev–Trinajstić information content (AvgIpc) is 2.79. The first-order valence-electron chi connectivity index (χ1n) is 11.0. The molecule has 1 heterocycles. The molecule has 3 aromatic rings. The minimum Gasteiger partial charge on any atom is -0.336 e. The molecule has 6 nitrogen and oxygen atoms in total. The number of benzene rings is 3. The molecular weight excluding hydrogens is 422 g/mol. The number of nitrogens with zero attached hydrogens (tertiary/aromatic N) is 2. The average molecular weight is 452 g/mol. The molecule has 0 radical (unpaired) electrons. The zero-order valence-electron chi connectivity index (χ0n) is 18.5. The molecule has 0 aromatic heterocycles. The first-order valence-corrected chi connectivity index (χ1v) is 12.5. The van der Waals surface area contributed by atoms with Gasteiger partial charge in [0.15, 0.2) is 0 Å². The van der Waals surface area contributed by atoms with Crippen molar-refractivity contribution >= 4 is 26.7 Å². The molecule has 1 aliphatic heterocycles. The molecule has 4 rings (SSSR count). The SMILES string of the molecule is CCNS(=O)(=O)c1ccc(C)c(C(=O)N2CCN(Cc3cccc4ccccc34)CC2)c1. The summed E-state index contributed by atoms with van der Waals surface area (Å²) in [6.07, 6.45) is 0. The monoisotopic (exact) mass is 451 g/mol. The van der Waals surface area contributed by atoms with Crippen LogP contribution in [0.1, 0.15) is 28.4 Å². The molecule has 0 aliphatic carbocycles. The van der Waals surface area contributed by atoms with E-state index in [1.54, 1.807) is 19.1 Å². The van der Waals surface area contributed by atoms with E-state index in [1.807, 2.05) is 11.8 Å². The van der Waals surface area contributed by atoms with E-state index < -0.39 is 10.0 Å². The van der Waals surface area contributed by atoms with Gasteiger partial charge in [-0.05, 0) is 41.0 Å². The van der Waals surface area contributed by atoms with E-state index in [2.05, 4.69) is 52.1 Å². The van der Waals surface area contributed by atoms with Crippen LogP contribution in [0.2, 0.25) is 0 Å². The van der Waals surface area contributed by atoms with Crippen LogP contribution in [-0.2, 0) is 16.6 Å². The summed E-state index contributed by atoms with van der Waals surface area (Å²) in [6, 6.07) is 19.5. The fourth-order valence-corrected chi connectivity index (χ4v) is 5.29. The van der Waals surface area contributed by atoms with Gasteiger partial charge >= 0.3 is 0 Å². The van der Waals surface area contributed by atoms with Gasteiger partial charge in [-0.15, -0.1) is 0 Å². The number of hydrogen-bond acceptors (Lipinski definition) is 4. The van der Waals surface area contributed by atoms with E-state index in [0.717, 1.165) is 25.2 Å². The van der Waals surface area contributed by atoms with Crippen LogP contribution in [0.5, 0.6) is 0 Å². The van der Waals surface area contributed by atoms with Gasteiger partial charge in [0.05, 0.1) is 4.90 Å². The molecule has 1 amide bonds. The van der Waals surface area contributed by atoms with Crippen LogP contribution in [0.25, 0.3) is 10.8 Å². The molecule has 1 aliphatic rings. The van der Waals surface area contributed by atoms with E-state index in [0.29, 0.717) is 25.2 Å². The molecule has 1 saturated heterocycles. The lowest BCUT2D eigenvalue weighted by Crippen LogP contribution is -2.48. The Morgan fingerprint density at radius 1 is 0.969 bits per heavy atom. The first kappa shape index (κ1) is 22.5. The first-order chi connectivity index (χ1) is 15.4. The minimum absolute atomic E-state index is 0.110. The maximum atomic E-state index is 13.2. The predicted molar refractivity (Wildman–Crippen MR) is 127 cm³/mol. The number of carbonyl (C=O) groups excluding carboxylic acids is 1. The van der Waals surface area contributed by atoms with Gasteiger partial charge in [0.25, 0.3) is 5.91 Å². The summed E-state index contributed by atoms with van der Waals surface area (Å²) in [6.45, 7) is 7.52. The van der Waals surface area contributed by atoms with Crippen molar-refractivity contribution in [2.24, 2.45) is 0 Å². The Hall–Kier alpha value is -2.74. The third kappa shape index (κ3) is 4.70. The van der Waals surface area contributed by atoms with Crippen molar-refractivity contribution in [3.05, 3.63) is 77.4 Å². The molecule has 0 bridgehead atoms. The van der Waals surface area contributed by atoms with E-state index in [1.165, 1.54) is 22.4 Å². The van der Waals surface area contributed by atoms with Crippen molar-refractivity contribution in [3.63, 3.8) is 0 Å². The number of carbonyl (C=O) groups is 1. The van der Waals surface area contributed by atoms with Gasteiger partial charge in [-0.3, -0.25) is 9.69 Å². The van der Waals surface area contributed by atoms with Crippen molar-refractivity contribution in [1.29, 1.82) is 0 Å². The topological polar surface area (TPSA) is 69.7 Å². The lowest BCUT2D eigenvalue weighted by atomic mass is 10.0. The summed E-state index contributed by atoms with van der Waals surface area (Å²) in [5.41, 5.74) is 2.52. The van der Waals surface area contributed by atoms with Gasteiger partial charge < -0.3 is 4.90 Å². The Labute approximate surface area is 189 Å². The van der Waals surface area contributed by atoms with Gasteiger partial charge in [0, 0.05) is 44.8 Å². The Bertz CT molecular complexity index is 1230. The fourth-order valence-electron chi connectivity index (χ4n) is 4.22. The van der Waals surface area contributed by atoms with Crippen LogP contribution in [-0.4, -0.2) is 56.8 Å². The maximum absolute atomic E-state index is 13.2. The second-order valence-corrected chi connectivity index (χ2v) is 9.95. The third-order valence-corrected chi connectivity index (χ3v) is 7.56. The Morgan fingerprint density at radius 3 is 2.44 bits per heavy atom. The van der Waals surface area contributed by atoms with Crippen LogP contribution < -0.4 is 4.72 Å². The van der Waals surface area contributed by atoms with Crippen molar-refractivity contribution in [3.8, 4) is 0 Å². The largest absolute Gasteiger partial charge is 0.336 e. The summed E-state index contributed by atoms with van der Waals surface area (Å²) in [7, 11) is -3.60. The molecule has 0 atom stereocenters. The second-order valence-electron chi connectivity index (χ2n) is 8.18. The highest BCUT2D eigenvalue weighted by Gasteiger charge is 2.25. The summed E-state index contributed by atoms with van der Waals surface area (Å²) >= 11 is 0. The van der Waals surface area contributed by atoms with Crippen LogP contribution in [0.15, 0.2) is 65.6 Å². The maximum Gasteiger partial charge on any atom is 0.254 e. The number of fused-ring (bicyclic) bond motifs is 1. The molecular formula is C25H29N3O3S. The number of rotatable bonds is 6. The van der Waals surface area contributed by atoms with Gasteiger partial charge in [-0.1, -0.05) is 55.5 Å². The van der Waals surface area contributed by atoms with Crippen molar-refractivity contribution < 1.29 is 13.2 Å². The smallest absolute Gasteiger partial charge is 0.254 e. The molecule has 1 fully saturated rings. The van der Waals surface area contributed by atoms with Crippen LogP contribution in [0, 0.1) is 6.92 Å². The number of hydrogen-bond donors (Lipinski definition) is 1. The van der Waals surface area contributed by atoms with E-state index >= 15 is 0 Å². The highest BCUT2D eigenvalue weighted by atomic mass is 32.2. The zero-order chi connectivity index (χ0) is 22.7. The molecule has 0 saturated carbocycles. The second kappa shape index (κ2) is 9.40. The molecule has 32 heavy (non-hydrogen) atoms. The fraction of sp³-hybridized carbons (Fsp3) is 0.320. The van der Waals surface area contributed by atoms with Gasteiger partial charge in [0.1, 0.15) is 0 Å². The number of sulfonamides is 1. The van der Waals surface area contributed by atoms with Gasteiger partial charge in [-0.25, -0.2) is 13.1 Å². The van der Waals surface area contributed by atoms with Gasteiger partial charge in [-0.2, -0.15) is 0 Å². The summed E-state index contributed by atoms with van der Waals surface area (Å²) < 4.78 is 27.2. The molecule has 168 valence electrons. The number of amides is 1. The third-order valence-electron chi connectivity index (χ3n) is 6.02. The van der Waals surface area contributed by atoms with Crippen molar-refractivity contribution in [1.82, 2.24) is 14.5 Å². The lowest BCUT2D eigenvalue weighted by Gasteiger charge is -2.35. The number of aryl methyl sites for hydroxylation is 1. The highest BCUT2D eigenvalue weighted by Crippen LogP contribution is 2.22. The number of nitrogens with one attached hydrogen (secondary N) is 1. The van der Waals surface area contributed by atoms with E-state index in [-0.39, 0.29) is 10.8 Å². The van der Waals surface area contributed by atoms with E-state index in [9.17, 15) is 13.2 Å². The standard InChI is InChI=1S/C25H29N3O3S/c1-3-26-32(30,31)22-12-11-19(2)24(17-22)25(29)28-15-13-27(14-16-28)18-21-9-6-8-20-7-4-5-10-23(20)21/h4-12,17,26H,3,13-16,18H2,1-2H3. The molecule has 0 unspecified atom stereocenters. The molecule has 1 N–H and O–H groups in total. The van der Waals surface area contributed by atoms with Crippen LogP contribution in [0.3, 0.4) is 0 Å². The normalized spacial score (nSPS) is 15.2. The number of piperazine rings is 1.